The SMILES string of the molecule is CC(C)c1cc(C(N)=O)c(N2C(=O)[C@@H]3[C@@H]4CC[C@@H](C4)[C@@H]3C2=O)s1. The number of hydrogen-bond donors (Lipinski definition) is 1. The Labute approximate surface area is 138 Å². The quantitative estimate of drug-likeness (QED) is 0.864. The van der Waals surface area contributed by atoms with Crippen LogP contribution in [0, 0.1) is 23.7 Å². The van der Waals surface area contributed by atoms with E-state index in [4.69, 9.17) is 5.73 Å². The van der Waals surface area contributed by atoms with E-state index in [-0.39, 0.29) is 29.6 Å². The van der Waals surface area contributed by atoms with Gasteiger partial charge in [-0.2, -0.15) is 0 Å². The van der Waals surface area contributed by atoms with Crippen LogP contribution in [0.25, 0.3) is 0 Å². The molecule has 1 saturated heterocycles. The molecule has 2 heterocycles. The average Bonchev–Trinajstić information content (AvgIpc) is 3.21. The van der Waals surface area contributed by atoms with Gasteiger partial charge in [-0.05, 0) is 43.1 Å². The van der Waals surface area contributed by atoms with Crippen molar-refractivity contribution < 1.29 is 14.4 Å². The number of amides is 3. The Balaban J connectivity index is 1.78. The molecule has 3 fully saturated rings. The first-order valence-corrected chi connectivity index (χ1v) is 9.03. The van der Waals surface area contributed by atoms with Crippen LogP contribution in [-0.4, -0.2) is 17.7 Å². The molecule has 3 amide bonds. The number of imide groups is 1. The molecule has 2 aliphatic carbocycles. The van der Waals surface area contributed by atoms with Crippen molar-refractivity contribution in [2.75, 3.05) is 4.90 Å². The van der Waals surface area contributed by atoms with Crippen molar-refractivity contribution in [3.05, 3.63) is 16.5 Å². The molecule has 0 radical (unpaired) electrons. The van der Waals surface area contributed by atoms with Gasteiger partial charge in [0.05, 0.1) is 17.4 Å². The maximum absolute atomic E-state index is 12.9. The molecule has 4 rings (SSSR count). The fraction of sp³-hybridized carbons (Fsp3) is 0.588. The van der Waals surface area contributed by atoms with Gasteiger partial charge in [0, 0.05) is 4.88 Å². The Hall–Kier alpha value is -1.69. The minimum atomic E-state index is -0.580. The summed E-state index contributed by atoms with van der Waals surface area (Å²) in [4.78, 5) is 39.8. The highest BCUT2D eigenvalue weighted by molar-refractivity contribution is 7.17. The van der Waals surface area contributed by atoms with Crippen LogP contribution in [0.4, 0.5) is 5.00 Å². The van der Waals surface area contributed by atoms with Gasteiger partial charge >= 0.3 is 0 Å². The van der Waals surface area contributed by atoms with E-state index in [1.807, 2.05) is 13.8 Å². The molecule has 2 bridgehead atoms. The van der Waals surface area contributed by atoms with E-state index in [0.29, 0.717) is 22.4 Å². The Morgan fingerprint density at radius 2 is 1.78 bits per heavy atom. The van der Waals surface area contributed by atoms with Crippen LogP contribution in [0.5, 0.6) is 0 Å². The Morgan fingerprint density at radius 3 is 2.26 bits per heavy atom. The van der Waals surface area contributed by atoms with Crippen molar-refractivity contribution in [1.82, 2.24) is 0 Å². The summed E-state index contributed by atoms with van der Waals surface area (Å²) in [5.41, 5.74) is 5.79. The smallest absolute Gasteiger partial charge is 0.251 e. The molecule has 6 heteroatoms. The lowest BCUT2D eigenvalue weighted by molar-refractivity contribution is -0.123. The van der Waals surface area contributed by atoms with Gasteiger partial charge in [-0.3, -0.25) is 14.4 Å². The van der Waals surface area contributed by atoms with Crippen molar-refractivity contribution in [1.29, 1.82) is 0 Å². The number of fused-ring (bicyclic) bond motifs is 5. The number of carbonyl (C=O) groups is 3. The molecule has 5 nitrogen and oxygen atoms in total. The Morgan fingerprint density at radius 1 is 1.22 bits per heavy atom. The number of rotatable bonds is 3. The molecule has 2 saturated carbocycles. The maximum atomic E-state index is 12.9. The van der Waals surface area contributed by atoms with E-state index in [1.54, 1.807) is 6.07 Å². The highest BCUT2D eigenvalue weighted by atomic mass is 32.1. The number of thiophene rings is 1. The van der Waals surface area contributed by atoms with Crippen LogP contribution in [0.15, 0.2) is 6.07 Å². The first kappa shape index (κ1) is 14.9. The molecule has 2 N–H and O–H groups in total. The normalized spacial score (nSPS) is 32.2. The monoisotopic (exact) mass is 332 g/mol. The third-order valence-electron chi connectivity index (χ3n) is 5.70. The summed E-state index contributed by atoms with van der Waals surface area (Å²) in [5.74, 6) is -0.267. The molecule has 3 aliphatic rings. The number of nitrogens with two attached hydrogens (primary N) is 1. The molecule has 1 aromatic rings. The molecule has 0 aromatic carbocycles. The average molecular weight is 332 g/mol. The predicted molar refractivity (Wildman–Crippen MR) is 87.2 cm³/mol. The summed E-state index contributed by atoms with van der Waals surface area (Å²) in [5, 5.41) is 0.435. The molecule has 1 aliphatic heterocycles. The number of anilines is 1. The summed E-state index contributed by atoms with van der Waals surface area (Å²) in [6.07, 6.45) is 3.09. The Kier molecular flexibility index (Phi) is 3.17. The highest BCUT2D eigenvalue weighted by Gasteiger charge is 2.61. The van der Waals surface area contributed by atoms with E-state index in [9.17, 15) is 14.4 Å². The van der Waals surface area contributed by atoms with Crippen molar-refractivity contribution in [2.24, 2.45) is 29.4 Å². The topological polar surface area (TPSA) is 80.5 Å². The first-order valence-electron chi connectivity index (χ1n) is 8.21. The zero-order valence-electron chi connectivity index (χ0n) is 13.2. The van der Waals surface area contributed by atoms with Crippen molar-refractivity contribution in [3.8, 4) is 0 Å². The number of hydrogen-bond acceptors (Lipinski definition) is 4. The fourth-order valence-corrected chi connectivity index (χ4v) is 5.81. The number of primary amides is 1. The van der Waals surface area contributed by atoms with E-state index >= 15 is 0 Å². The van der Waals surface area contributed by atoms with Crippen LogP contribution < -0.4 is 10.6 Å². The summed E-state index contributed by atoms with van der Waals surface area (Å²) in [6.45, 7) is 4.03. The minimum Gasteiger partial charge on any atom is -0.366 e. The zero-order chi connectivity index (χ0) is 16.5. The third-order valence-corrected chi connectivity index (χ3v) is 7.12. The second kappa shape index (κ2) is 4.90. The second-order valence-electron chi connectivity index (χ2n) is 7.28. The highest BCUT2D eigenvalue weighted by Crippen LogP contribution is 2.57. The van der Waals surface area contributed by atoms with Crippen molar-refractivity contribution in [2.45, 2.75) is 39.0 Å². The summed E-state index contributed by atoms with van der Waals surface area (Å²) in [6, 6.07) is 1.73. The van der Waals surface area contributed by atoms with Crippen LogP contribution in [-0.2, 0) is 9.59 Å². The molecule has 4 atom stereocenters. The molecule has 1 aromatic heterocycles. The molecular formula is C17H20N2O3S. The fourth-order valence-electron chi connectivity index (χ4n) is 4.64. The van der Waals surface area contributed by atoms with Crippen LogP contribution in [0.1, 0.15) is 54.3 Å². The van der Waals surface area contributed by atoms with Gasteiger partial charge in [-0.25, -0.2) is 4.90 Å². The molecule has 122 valence electrons. The van der Waals surface area contributed by atoms with E-state index in [0.717, 1.165) is 24.1 Å². The van der Waals surface area contributed by atoms with Crippen LogP contribution >= 0.6 is 11.3 Å². The summed E-state index contributed by atoms with van der Waals surface area (Å²) >= 11 is 1.35. The van der Waals surface area contributed by atoms with Crippen molar-refractivity contribution >= 4 is 34.1 Å². The Bertz CT molecular complexity index is 695. The lowest BCUT2D eigenvalue weighted by Crippen LogP contribution is -2.33. The first-order chi connectivity index (χ1) is 10.9. The van der Waals surface area contributed by atoms with Gasteiger partial charge in [0.1, 0.15) is 5.00 Å². The van der Waals surface area contributed by atoms with Crippen LogP contribution in [0.3, 0.4) is 0 Å². The van der Waals surface area contributed by atoms with Gasteiger partial charge < -0.3 is 5.73 Å². The van der Waals surface area contributed by atoms with E-state index < -0.39 is 5.91 Å². The van der Waals surface area contributed by atoms with Gasteiger partial charge in [-0.1, -0.05) is 13.8 Å². The molecule has 0 spiro atoms. The molecule has 23 heavy (non-hydrogen) atoms. The van der Waals surface area contributed by atoms with Gasteiger partial charge in [0.15, 0.2) is 0 Å². The number of nitrogens with zero attached hydrogens (tertiary/aromatic N) is 1. The molecular weight excluding hydrogens is 312 g/mol. The lowest BCUT2D eigenvalue weighted by atomic mass is 9.81. The zero-order valence-corrected chi connectivity index (χ0v) is 14.1. The lowest BCUT2D eigenvalue weighted by Gasteiger charge is -2.19. The molecule has 0 unspecified atom stereocenters. The third kappa shape index (κ3) is 1.94. The van der Waals surface area contributed by atoms with Gasteiger partial charge in [0.25, 0.3) is 5.91 Å². The maximum Gasteiger partial charge on any atom is 0.251 e. The second-order valence-corrected chi connectivity index (χ2v) is 8.35. The van der Waals surface area contributed by atoms with E-state index in [2.05, 4.69) is 0 Å². The standard InChI is InChI=1S/C17H20N2O3S/c1-7(2)11-6-10(14(18)20)17(23-11)19-15(21)12-8-3-4-9(5-8)13(12)16(19)22/h6-9,12-13H,3-5H2,1-2H3,(H2,18,20)/t8-,9+,12-,13+. The largest absolute Gasteiger partial charge is 0.366 e. The van der Waals surface area contributed by atoms with E-state index in [1.165, 1.54) is 16.2 Å². The predicted octanol–water partition coefficient (Wildman–Crippen LogP) is 2.51. The van der Waals surface area contributed by atoms with Gasteiger partial charge in [-0.15, -0.1) is 11.3 Å². The summed E-state index contributed by atoms with van der Waals surface area (Å²) in [7, 11) is 0. The van der Waals surface area contributed by atoms with Crippen molar-refractivity contribution in [3.63, 3.8) is 0 Å². The van der Waals surface area contributed by atoms with Crippen LogP contribution in [0.2, 0.25) is 0 Å². The van der Waals surface area contributed by atoms with Gasteiger partial charge in [0.2, 0.25) is 11.8 Å². The number of carbonyl (C=O) groups excluding carboxylic acids is 3. The minimum absolute atomic E-state index is 0.119. The summed E-state index contributed by atoms with van der Waals surface area (Å²) < 4.78 is 0.